The topological polar surface area (TPSA) is 45.5 Å². The lowest BCUT2D eigenvalue weighted by Crippen LogP contribution is -2.47. The molecule has 4 nitrogen and oxygen atoms in total. The minimum atomic E-state index is -0.270. The van der Waals surface area contributed by atoms with E-state index in [4.69, 9.17) is 9.47 Å². The van der Waals surface area contributed by atoms with Gasteiger partial charge in [-0.25, -0.2) is 0 Å². The molecule has 0 saturated carbocycles. The van der Waals surface area contributed by atoms with E-state index in [1.165, 1.54) is 0 Å². The molecule has 1 aromatic rings. The molecule has 0 radical (unpaired) electrons. The molecule has 0 aliphatic carbocycles. The first-order chi connectivity index (χ1) is 8.88. The van der Waals surface area contributed by atoms with Crippen molar-refractivity contribution in [2.24, 2.45) is 0 Å². The maximum absolute atomic E-state index is 9.26. The molecule has 0 spiro atoms. The van der Waals surface area contributed by atoms with E-state index in [2.05, 4.69) is 11.0 Å². The second kappa shape index (κ2) is 4.81. The van der Waals surface area contributed by atoms with E-state index in [0.29, 0.717) is 18.8 Å². The fourth-order valence-corrected chi connectivity index (χ4v) is 2.30. The number of hydrogen-bond acceptors (Lipinski definition) is 4. The number of rotatable bonds is 1. The molecule has 1 atom stereocenters. The highest BCUT2D eigenvalue weighted by molar-refractivity contribution is 5.65. The highest BCUT2D eigenvalue weighted by Crippen LogP contribution is 2.30. The zero-order valence-electron chi connectivity index (χ0n) is 10.0. The first kappa shape index (κ1) is 11.3. The fourth-order valence-electron chi connectivity index (χ4n) is 2.30. The Labute approximate surface area is 106 Å². The van der Waals surface area contributed by atoms with Crippen LogP contribution in [0.5, 0.6) is 5.75 Å². The van der Waals surface area contributed by atoms with E-state index in [1.54, 1.807) is 0 Å². The van der Waals surface area contributed by atoms with Gasteiger partial charge in [0, 0.05) is 18.7 Å². The van der Waals surface area contributed by atoms with Gasteiger partial charge in [0.1, 0.15) is 11.8 Å². The van der Waals surface area contributed by atoms with Crippen LogP contribution in [0.25, 0.3) is 6.08 Å². The van der Waals surface area contributed by atoms with E-state index < -0.39 is 0 Å². The summed E-state index contributed by atoms with van der Waals surface area (Å²) >= 11 is 0. The predicted molar refractivity (Wildman–Crippen MR) is 66.8 cm³/mol. The van der Waals surface area contributed by atoms with Gasteiger partial charge in [-0.2, -0.15) is 5.26 Å². The Morgan fingerprint density at radius 3 is 2.78 bits per heavy atom. The van der Waals surface area contributed by atoms with Crippen LogP contribution < -0.4 is 4.74 Å². The van der Waals surface area contributed by atoms with Gasteiger partial charge in [-0.15, -0.1) is 0 Å². The molecule has 1 aromatic carbocycles. The fraction of sp³-hybridized carbons (Fsp3) is 0.357. The highest BCUT2D eigenvalue weighted by atomic mass is 16.5. The molecule has 4 heteroatoms. The normalized spacial score (nSPS) is 23.5. The molecule has 1 unspecified atom stereocenters. The van der Waals surface area contributed by atoms with Crippen LogP contribution in [0, 0.1) is 11.3 Å². The first-order valence-electron chi connectivity index (χ1n) is 6.07. The molecule has 2 heterocycles. The van der Waals surface area contributed by atoms with E-state index in [9.17, 15) is 5.26 Å². The summed E-state index contributed by atoms with van der Waals surface area (Å²) in [5.41, 5.74) is 1.63. The van der Waals surface area contributed by atoms with Crippen molar-refractivity contribution in [3.05, 3.63) is 35.4 Å². The largest absolute Gasteiger partial charge is 0.470 e. The smallest absolute Gasteiger partial charge is 0.189 e. The number of morpholine rings is 1. The van der Waals surface area contributed by atoms with Crippen LogP contribution in [0.15, 0.2) is 29.8 Å². The van der Waals surface area contributed by atoms with Crippen LogP contribution >= 0.6 is 0 Å². The molecule has 3 rings (SSSR count). The number of nitrogens with zero attached hydrogens (tertiary/aromatic N) is 2. The molecule has 1 saturated heterocycles. The van der Waals surface area contributed by atoms with Gasteiger partial charge in [-0.3, -0.25) is 4.90 Å². The summed E-state index contributed by atoms with van der Waals surface area (Å²) < 4.78 is 11.3. The van der Waals surface area contributed by atoms with Gasteiger partial charge in [0.05, 0.1) is 18.8 Å². The number of nitriles is 1. The maximum atomic E-state index is 9.26. The Kier molecular flexibility index (Phi) is 3.01. The Bertz CT molecular complexity index is 513. The van der Waals surface area contributed by atoms with Crippen molar-refractivity contribution in [3.63, 3.8) is 0 Å². The molecule has 0 amide bonds. The predicted octanol–water partition coefficient (Wildman–Crippen LogP) is 1.64. The summed E-state index contributed by atoms with van der Waals surface area (Å²) in [6.45, 7) is 2.98. The van der Waals surface area contributed by atoms with Crippen molar-refractivity contribution in [3.8, 4) is 11.8 Å². The lowest BCUT2D eigenvalue weighted by molar-refractivity contribution is -0.0289. The molecular formula is C14H14N2O2. The standard InChI is InChI=1S/C14H14N2O2/c15-10-12-9-11-3-1-2-4-13(11)18-14(12)16-5-7-17-8-6-16/h1-4,9,14H,5-8H2. The summed E-state index contributed by atoms with van der Waals surface area (Å²) in [5, 5.41) is 9.26. The van der Waals surface area contributed by atoms with Gasteiger partial charge in [-0.05, 0) is 12.1 Å². The van der Waals surface area contributed by atoms with Crippen LogP contribution in [-0.2, 0) is 4.74 Å². The molecule has 0 N–H and O–H groups in total. The Morgan fingerprint density at radius 1 is 1.22 bits per heavy atom. The van der Waals surface area contributed by atoms with Crippen LogP contribution in [0.4, 0.5) is 0 Å². The minimum absolute atomic E-state index is 0.270. The van der Waals surface area contributed by atoms with Gasteiger partial charge in [0.15, 0.2) is 6.23 Å². The average Bonchev–Trinajstić information content (AvgIpc) is 2.46. The molecule has 2 aliphatic rings. The molecule has 2 aliphatic heterocycles. The molecule has 18 heavy (non-hydrogen) atoms. The Morgan fingerprint density at radius 2 is 2.00 bits per heavy atom. The van der Waals surface area contributed by atoms with Crippen molar-refractivity contribution in [1.82, 2.24) is 4.90 Å². The molecular weight excluding hydrogens is 228 g/mol. The van der Waals surface area contributed by atoms with Gasteiger partial charge < -0.3 is 9.47 Å². The summed E-state index contributed by atoms with van der Waals surface area (Å²) in [7, 11) is 0. The molecule has 0 aromatic heterocycles. The lowest BCUT2D eigenvalue weighted by Gasteiger charge is -2.36. The zero-order valence-corrected chi connectivity index (χ0v) is 10.0. The minimum Gasteiger partial charge on any atom is -0.470 e. The highest BCUT2D eigenvalue weighted by Gasteiger charge is 2.29. The van der Waals surface area contributed by atoms with E-state index >= 15 is 0 Å². The van der Waals surface area contributed by atoms with Crippen molar-refractivity contribution in [2.45, 2.75) is 6.23 Å². The van der Waals surface area contributed by atoms with E-state index in [-0.39, 0.29) is 6.23 Å². The third-order valence-electron chi connectivity index (χ3n) is 3.24. The van der Waals surface area contributed by atoms with Crippen molar-refractivity contribution < 1.29 is 9.47 Å². The number of para-hydroxylation sites is 1. The van der Waals surface area contributed by atoms with Crippen molar-refractivity contribution in [2.75, 3.05) is 26.3 Å². The van der Waals surface area contributed by atoms with Crippen LogP contribution in [-0.4, -0.2) is 37.4 Å². The second-order valence-corrected chi connectivity index (χ2v) is 4.37. The van der Waals surface area contributed by atoms with E-state index in [0.717, 1.165) is 24.4 Å². The Balaban J connectivity index is 1.91. The first-order valence-corrected chi connectivity index (χ1v) is 6.07. The second-order valence-electron chi connectivity index (χ2n) is 4.37. The quantitative estimate of drug-likeness (QED) is 0.751. The van der Waals surface area contributed by atoms with Crippen LogP contribution in [0.3, 0.4) is 0 Å². The van der Waals surface area contributed by atoms with Crippen LogP contribution in [0.2, 0.25) is 0 Å². The van der Waals surface area contributed by atoms with Crippen LogP contribution in [0.1, 0.15) is 5.56 Å². The van der Waals surface area contributed by atoms with Gasteiger partial charge in [0.25, 0.3) is 0 Å². The average molecular weight is 242 g/mol. The number of benzene rings is 1. The number of hydrogen-bond donors (Lipinski definition) is 0. The van der Waals surface area contributed by atoms with Gasteiger partial charge in [-0.1, -0.05) is 18.2 Å². The molecule has 1 fully saturated rings. The SMILES string of the molecule is N#CC1=Cc2ccccc2OC1N1CCOCC1. The summed E-state index contributed by atoms with van der Waals surface area (Å²) in [6.07, 6.45) is 1.65. The van der Waals surface area contributed by atoms with E-state index in [1.807, 2.05) is 30.3 Å². The maximum Gasteiger partial charge on any atom is 0.189 e. The summed E-state index contributed by atoms with van der Waals surface area (Å²) in [4.78, 5) is 2.15. The molecule has 92 valence electrons. The third kappa shape index (κ3) is 1.99. The lowest BCUT2D eigenvalue weighted by atomic mass is 10.1. The van der Waals surface area contributed by atoms with Gasteiger partial charge >= 0.3 is 0 Å². The summed E-state index contributed by atoms with van der Waals surface area (Å²) in [6, 6.07) is 10.0. The van der Waals surface area contributed by atoms with Crippen molar-refractivity contribution >= 4 is 6.08 Å². The zero-order chi connectivity index (χ0) is 12.4. The monoisotopic (exact) mass is 242 g/mol. The summed E-state index contributed by atoms with van der Waals surface area (Å²) in [5.74, 6) is 0.841. The van der Waals surface area contributed by atoms with Crippen molar-refractivity contribution in [1.29, 1.82) is 5.26 Å². The van der Waals surface area contributed by atoms with Gasteiger partial charge in [0.2, 0.25) is 0 Å². The molecule has 0 bridgehead atoms. The Hall–Kier alpha value is -1.83. The number of ether oxygens (including phenoxy) is 2. The number of fused-ring (bicyclic) bond motifs is 1. The third-order valence-corrected chi connectivity index (χ3v) is 3.24.